The van der Waals surface area contributed by atoms with Crippen molar-refractivity contribution in [2.45, 2.75) is 25.4 Å². The van der Waals surface area contributed by atoms with Gasteiger partial charge < -0.3 is 5.11 Å². The van der Waals surface area contributed by atoms with Gasteiger partial charge in [-0.15, -0.1) is 0 Å². The second-order valence-electron chi connectivity index (χ2n) is 5.27. The highest BCUT2D eigenvalue weighted by atomic mass is 35.5. The minimum atomic E-state index is -0.848. The molecule has 1 N–H and O–H groups in total. The first kappa shape index (κ1) is 15.3. The zero-order valence-corrected chi connectivity index (χ0v) is 12.7. The molecule has 1 unspecified atom stereocenters. The maximum atomic E-state index is 13.0. The van der Waals surface area contributed by atoms with E-state index in [0.717, 1.165) is 5.56 Å². The van der Waals surface area contributed by atoms with Crippen LogP contribution in [0.2, 0.25) is 10.0 Å². The molecule has 4 heteroatoms. The summed E-state index contributed by atoms with van der Waals surface area (Å²) in [5.74, 6) is -0.306. The third kappa shape index (κ3) is 2.83. The van der Waals surface area contributed by atoms with E-state index in [2.05, 4.69) is 0 Å². The van der Waals surface area contributed by atoms with E-state index < -0.39 is 11.5 Å². The van der Waals surface area contributed by atoms with E-state index in [1.54, 1.807) is 30.3 Å². The van der Waals surface area contributed by atoms with Gasteiger partial charge in [-0.3, -0.25) is 0 Å². The second-order valence-corrected chi connectivity index (χ2v) is 6.06. The molecule has 0 bridgehead atoms. The van der Waals surface area contributed by atoms with Gasteiger partial charge in [-0.2, -0.15) is 0 Å². The highest BCUT2D eigenvalue weighted by Gasteiger charge is 2.32. The van der Waals surface area contributed by atoms with Crippen LogP contribution in [0.1, 0.15) is 31.1 Å². The van der Waals surface area contributed by atoms with Crippen molar-refractivity contribution in [1.82, 2.24) is 0 Å². The monoisotopic (exact) mass is 312 g/mol. The van der Waals surface area contributed by atoms with E-state index in [-0.39, 0.29) is 5.82 Å². The topological polar surface area (TPSA) is 20.2 Å². The Balaban J connectivity index is 2.42. The van der Waals surface area contributed by atoms with Crippen molar-refractivity contribution in [3.63, 3.8) is 0 Å². The molecule has 20 heavy (non-hydrogen) atoms. The molecule has 0 fully saturated rings. The fourth-order valence-electron chi connectivity index (χ4n) is 2.16. The summed E-state index contributed by atoms with van der Waals surface area (Å²) in [6.45, 7) is 3.75. The summed E-state index contributed by atoms with van der Waals surface area (Å²) < 4.78 is 13.0. The molecule has 0 heterocycles. The first-order valence-electron chi connectivity index (χ1n) is 6.22. The Bertz CT molecular complexity index is 608. The SMILES string of the molecule is CC(C)(c1ccc(F)cc1)C(O)c1cccc(Cl)c1Cl. The van der Waals surface area contributed by atoms with E-state index in [9.17, 15) is 9.50 Å². The predicted molar refractivity (Wildman–Crippen MR) is 80.8 cm³/mol. The second kappa shape index (κ2) is 5.72. The average molecular weight is 313 g/mol. The average Bonchev–Trinajstić information content (AvgIpc) is 2.41. The molecule has 2 aromatic rings. The van der Waals surface area contributed by atoms with Gasteiger partial charge >= 0.3 is 0 Å². The normalized spacial score (nSPS) is 13.3. The molecule has 0 saturated carbocycles. The smallest absolute Gasteiger partial charge is 0.123 e. The van der Waals surface area contributed by atoms with Crippen LogP contribution in [0.3, 0.4) is 0 Å². The summed E-state index contributed by atoms with van der Waals surface area (Å²) in [5, 5.41) is 11.4. The summed E-state index contributed by atoms with van der Waals surface area (Å²) >= 11 is 12.1. The summed E-state index contributed by atoms with van der Waals surface area (Å²) in [6, 6.07) is 11.2. The predicted octanol–water partition coefficient (Wildman–Crippen LogP) is 5.14. The number of aliphatic hydroxyl groups is 1. The molecule has 0 aliphatic carbocycles. The maximum absolute atomic E-state index is 13.0. The Morgan fingerprint density at radius 3 is 2.25 bits per heavy atom. The van der Waals surface area contributed by atoms with E-state index >= 15 is 0 Å². The van der Waals surface area contributed by atoms with Gasteiger partial charge in [0.25, 0.3) is 0 Å². The lowest BCUT2D eigenvalue weighted by atomic mass is 9.76. The first-order valence-corrected chi connectivity index (χ1v) is 6.97. The van der Waals surface area contributed by atoms with Gasteiger partial charge in [-0.25, -0.2) is 4.39 Å². The van der Waals surface area contributed by atoms with Crippen LogP contribution >= 0.6 is 23.2 Å². The molecule has 0 spiro atoms. The van der Waals surface area contributed by atoms with Crippen LogP contribution in [0.4, 0.5) is 4.39 Å². The van der Waals surface area contributed by atoms with E-state index in [4.69, 9.17) is 23.2 Å². The van der Waals surface area contributed by atoms with Crippen molar-refractivity contribution in [2.75, 3.05) is 0 Å². The van der Waals surface area contributed by atoms with Gasteiger partial charge in [0.2, 0.25) is 0 Å². The van der Waals surface area contributed by atoms with Crippen molar-refractivity contribution in [3.8, 4) is 0 Å². The van der Waals surface area contributed by atoms with Crippen LogP contribution in [0.15, 0.2) is 42.5 Å². The first-order chi connectivity index (χ1) is 9.34. The van der Waals surface area contributed by atoms with E-state index in [0.29, 0.717) is 15.6 Å². The van der Waals surface area contributed by atoms with E-state index in [1.165, 1.54) is 12.1 Å². The van der Waals surface area contributed by atoms with Crippen LogP contribution in [0.25, 0.3) is 0 Å². The molecule has 0 aliphatic heterocycles. The molecule has 0 amide bonds. The van der Waals surface area contributed by atoms with Gasteiger partial charge in [0.1, 0.15) is 5.82 Å². The number of aliphatic hydroxyl groups excluding tert-OH is 1. The van der Waals surface area contributed by atoms with Crippen molar-refractivity contribution in [2.24, 2.45) is 0 Å². The number of rotatable bonds is 3. The highest BCUT2D eigenvalue weighted by Crippen LogP contribution is 2.41. The zero-order valence-electron chi connectivity index (χ0n) is 11.2. The van der Waals surface area contributed by atoms with Gasteiger partial charge in [-0.1, -0.05) is 61.3 Å². The maximum Gasteiger partial charge on any atom is 0.123 e. The zero-order chi connectivity index (χ0) is 14.9. The molecule has 1 nitrogen and oxygen atoms in total. The van der Waals surface area contributed by atoms with Gasteiger partial charge in [0.05, 0.1) is 16.1 Å². The molecular formula is C16H15Cl2FO. The third-order valence-corrected chi connectivity index (χ3v) is 4.38. The molecule has 0 radical (unpaired) electrons. The number of benzene rings is 2. The summed E-state index contributed by atoms with van der Waals surface area (Å²) in [6.07, 6.45) is -0.848. The minimum Gasteiger partial charge on any atom is -0.387 e. The van der Waals surface area contributed by atoms with Gasteiger partial charge in [-0.05, 0) is 23.8 Å². The molecule has 2 rings (SSSR count). The third-order valence-electron chi connectivity index (χ3n) is 3.55. The lowest BCUT2D eigenvalue weighted by molar-refractivity contribution is 0.100. The molecule has 0 aromatic heterocycles. The lowest BCUT2D eigenvalue weighted by Gasteiger charge is -2.32. The highest BCUT2D eigenvalue weighted by molar-refractivity contribution is 6.42. The van der Waals surface area contributed by atoms with Crippen LogP contribution in [-0.4, -0.2) is 5.11 Å². The Labute approximate surface area is 128 Å². The Kier molecular flexibility index (Phi) is 4.38. The van der Waals surface area contributed by atoms with Gasteiger partial charge in [0, 0.05) is 11.0 Å². The minimum absolute atomic E-state index is 0.306. The van der Waals surface area contributed by atoms with E-state index in [1.807, 2.05) is 13.8 Å². The number of halogens is 3. The van der Waals surface area contributed by atoms with Crippen molar-refractivity contribution >= 4 is 23.2 Å². The van der Waals surface area contributed by atoms with Crippen LogP contribution in [-0.2, 0) is 5.41 Å². The summed E-state index contributed by atoms with van der Waals surface area (Å²) in [7, 11) is 0. The molecule has 1 atom stereocenters. The number of hydrogen-bond donors (Lipinski definition) is 1. The lowest BCUT2D eigenvalue weighted by Crippen LogP contribution is -2.27. The summed E-state index contributed by atoms with van der Waals surface area (Å²) in [5.41, 5.74) is 0.762. The molecular weight excluding hydrogens is 298 g/mol. The Morgan fingerprint density at radius 1 is 1.05 bits per heavy atom. The Morgan fingerprint density at radius 2 is 1.65 bits per heavy atom. The molecule has 0 aliphatic rings. The van der Waals surface area contributed by atoms with Gasteiger partial charge in [0.15, 0.2) is 0 Å². The molecule has 106 valence electrons. The van der Waals surface area contributed by atoms with Crippen molar-refractivity contribution in [1.29, 1.82) is 0 Å². The Hall–Kier alpha value is -1.09. The van der Waals surface area contributed by atoms with Crippen molar-refractivity contribution in [3.05, 3.63) is 69.5 Å². The van der Waals surface area contributed by atoms with Crippen LogP contribution in [0, 0.1) is 5.82 Å². The fourth-order valence-corrected chi connectivity index (χ4v) is 2.57. The van der Waals surface area contributed by atoms with Crippen LogP contribution in [0.5, 0.6) is 0 Å². The quantitative estimate of drug-likeness (QED) is 0.831. The summed E-state index contributed by atoms with van der Waals surface area (Å²) in [4.78, 5) is 0. The molecule has 0 saturated heterocycles. The standard InChI is InChI=1S/C16H15Cl2FO/c1-16(2,10-6-8-11(19)9-7-10)15(20)12-4-3-5-13(17)14(12)18/h3-9,15,20H,1-2H3. The van der Waals surface area contributed by atoms with Crippen molar-refractivity contribution < 1.29 is 9.50 Å². The fraction of sp³-hybridized carbons (Fsp3) is 0.250. The largest absolute Gasteiger partial charge is 0.387 e. The van der Waals surface area contributed by atoms with Crippen LogP contribution < -0.4 is 0 Å². The molecule has 2 aromatic carbocycles. The number of hydrogen-bond acceptors (Lipinski definition) is 1.